The van der Waals surface area contributed by atoms with Gasteiger partial charge in [-0.25, -0.2) is 4.79 Å². The van der Waals surface area contributed by atoms with Gasteiger partial charge in [-0.1, -0.05) is 19.9 Å². The summed E-state index contributed by atoms with van der Waals surface area (Å²) in [5.41, 5.74) is 1.05. The van der Waals surface area contributed by atoms with E-state index >= 15 is 0 Å². The number of carbonyl (C=O) groups excluding carboxylic acids is 1. The summed E-state index contributed by atoms with van der Waals surface area (Å²) in [6, 6.07) is 12.0. The summed E-state index contributed by atoms with van der Waals surface area (Å²) in [6.45, 7) is 5.52. The molecule has 0 aromatic heterocycles. The van der Waals surface area contributed by atoms with E-state index in [0.29, 0.717) is 31.2 Å². The van der Waals surface area contributed by atoms with Gasteiger partial charge >= 0.3 is 6.09 Å². The zero-order chi connectivity index (χ0) is 21.0. The van der Waals surface area contributed by atoms with Gasteiger partial charge in [0.25, 0.3) is 0 Å². The van der Waals surface area contributed by atoms with E-state index in [1.165, 1.54) is 0 Å². The Bertz CT molecular complexity index is 1030. The molecule has 6 nitrogen and oxygen atoms in total. The lowest BCUT2D eigenvalue weighted by molar-refractivity contribution is 0.157. The van der Waals surface area contributed by atoms with Crippen LogP contribution in [0.15, 0.2) is 36.4 Å². The second-order valence-electron chi connectivity index (χ2n) is 6.41. The number of benzene rings is 3. The molecule has 0 aliphatic carbocycles. The number of hydrogen-bond acceptors (Lipinski definition) is 5. The number of carbonyl (C=O) groups is 1. The number of nitrogens with zero attached hydrogens (tertiary/aromatic N) is 1. The van der Waals surface area contributed by atoms with Gasteiger partial charge in [-0.15, -0.1) is 0 Å². The molecule has 0 N–H and O–H groups in total. The van der Waals surface area contributed by atoms with Crippen LogP contribution in [0.25, 0.3) is 21.5 Å². The third-order valence-electron chi connectivity index (χ3n) is 4.95. The lowest BCUT2D eigenvalue weighted by Gasteiger charge is -2.18. The smallest absolute Gasteiger partial charge is 0.410 e. The Labute approximate surface area is 170 Å². The van der Waals surface area contributed by atoms with Crippen molar-refractivity contribution in [1.82, 2.24) is 4.90 Å². The number of ether oxygens (including phenoxy) is 4. The van der Waals surface area contributed by atoms with Gasteiger partial charge in [0.15, 0.2) is 11.5 Å². The van der Waals surface area contributed by atoms with Crippen molar-refractivity contribution in [1.29, 1.82) is 0 Å². The van der Waals surface area contributed by atoms with Gasteiger partial charge in [0.2, 0.25) is 0 Å². The molecule has 3 aromatic rings. The minimum Gasteiger partial charge on any atom is -0.497 e. The summed E-state index contributed by atoms with van der Waals surface area (Å²) in [4.78, 5) is 13.6. The van der Waals surface area contributed by atoms with Crippen molar-refractivity contribution < 1.29 is 23.7 Å². The molecular formula is C23H27NO5. The van der Waals surface area contributed by atoms with Gasteiger partial charge in [0.1, 0.15) is 12.4 Å². The number of amides is 1. The molecule has 1 aliphatic rings. The summed E-state index contributed by atoms with van der Waals surface area (Å²) < 4.78 is 21.4. The van der Waals surface area contributed by atoms with Crippen molar-refractivity contribution >= 4 is 27.6 Å². The monoisotopic (exact) mass is 397 g/mol. The number of rotatable bonds is 5. The van der Waals surface area contributed by atoms with Crippen LogP contribution in [0.3, 0.4) is 0 Å². The molecule has 0 bridgehead atoms. The second kappa shape index (κ2) is 8.90. The highest BCUT2D eigenvalue weighted by molar-refractivity contribution is 6.10. The first kappa shape index (κ1) is 20.6. The standard InChI is InChI=1S/C21H21NO5.C2H6/c1-24-15-4-5-16-14(12-22-6-7-27-21(22)23)8-13-9-19(25-2)20(26-3)11-17(13)18(16)10-15;1-2/h4-5,8-11H,6-7,12H2,1-3H3;1-2H3. The Morgan fingerprint density at radius 2 is 1.62 bits per heavy atom. The SMILES string of the molecule is CC.COc1ccc2c(CN3CCOC3=O)cc3cc(OC)c(OC)cc3c2c1. The predicted molar refractivity (Wildman–Crippen MR) is 114 cm³/mol. The minimum atomic E-state index is -0.274. The fourth-order valence-corrected chi connectivity index (χ4v) is 3.57. The summed E-state index contributed by atoms with van der Waals surface area (Å²) in [7, 11) is 4.89. The predicted octanol–water partition coefficient (Wildman–Crippen LogP) is 5.00. The van der Waals surface area contributed by atoms with E-state index in [-0.39, 0.29) is 6.09 Å². The third kappa shape index (κ3) is 3.88. The lowest BCUT2D eigenvalue weighted by Crippen LogP contribution is -2.23. The normalized spacial score (nSPS) is 13.1. The molecule has 1 amide bonds. The molecule has 0 spiro atoms. The Balaban J connectivity index is 0.00000117. The van der Waals surface area contributed by atoms with Crippen molar-refractivity contribution in [3.05, 3.63) is 42.0 Å². The molecule has 1 saturated heterocycles. The first-order chi connectivity index (χ1) is 14.1. The number of cyclic esters (lactones) is 1. The summed E-state index contributed by atoms with van der Waals surface area (Å²) in [5.74, 6) is 2.11. The summed E-state index contributed by atoms with van der Waals surface area (Å²) >= 11 is 0. The van der Waals surface area contributed by atoms with E-state index in [2.05, 4.69) is 6.07 Å². The van der Waals surface area contributed by atoms with E-state index in [1.807, 2.05) is 44.2 Å². The zero-order valence-electron chi connectivity index (χ0n) is 17.6. The molecule has 0 unspecified atom stereocenters. The topological polar surface area (TPSA) is 57.2 Å². The molecular weight excluding hydrogens is 370 g/mol. The van der Waals surface area contributed by atoms with Crippen LogP contribution in [0.4, 0.5) is 4.79 Å². The molecule has 1 heterocycles. The fraction of sp³-hybridized carbons (Fsp3) is 0.348. The van der Waals surface area contributed by atoms with Crippen LogP contribution in [0, 0.1) is 0 Å². The van der Waals surface area contributed by atoms with Gasteiger partial charge < -0.3 is 23.8 Å². The molecule has 1 fully saturated rings. The summed E-state index contributed by atoms with van der Waals surface area (Å²) in [6.07, 6.45) is -0.274. The van der Waals surface area contributed by atoms with Gasteiger partial charge in [0, 0.05) is 6.54 Å². The van der Waals surface area contributed by atoms with Gasteiger partial charge in [-0.05, 0) is 57.4 Å². The van der Waals surface area contributed by atoms with E-state index in [0.717, 1.165) is 32.9 Å². The van der Waals surface area contributed by atoms with Crippen LogP contribution < -0.4 is 14.2 Å². The molecule has 0 saturated carbocycles. The lowest BCUT2D eigenvalue weighted by atomic mass is 9.96. The van der Waals surface area contributed by atoms with E-state index in [1.54, 1.807) is 26.2 Å². The van der Waals surface area contributed by atoms with Crippen molar-refractivity contribution in [2.75, 3.05) is 34.5 Å². The van der Waals surface area contributed by atoms with Gasteiger partial charge in [0.05, 0.1) is 27.9 Å². The Kier molecular flexibility index (Phi) is 6.32. The molecule has 1 aliphatic heterocycles. The number of hydrogen-bond donors (Lipinski definition) is 0. The maximum atomic E-state index is 11.9. The second-order valence-corrected chi connectivity index (χ2v) is 6.41. The molecule has 6 heteroatoms. The quantitative estimate of drug-likeness (QED) is 0.567. The Hall–Kier alpha value is -3.15. The van der Waals surface area contributed by atoms with Crippen LogP contribution in [-0.4, -0.2) is 45.5 Å². The van der Waals surface area contributed by atoms with Crippen LogP contribution >= 0.6 is 0 Å². The molecule has 0 atom stereocenters. The highest BCUT2D eigenvalue weighted by Crippen LogP contribution is 2.38. The molecule has 3 aromatic carbocycles. The van der Waals surface area contributed by atoms with E-state index in [4.69, 9.17) is 18.9 Å². The maximum absolute atomic E-state index is 11.9. The van der Waals surface area contributed by atoms with Gasteiger partial charge in [-0.3, -0.25) is 0 Å². The van der Waals surface area contributed by atoms with Crippen LogP contribution in [0.1, 0.15) is 19.4 Å². The van der Waals surface area contributed by atoms with Crippen LogP contribution in [0.5, 0.6) is 17.2 Å². The average Bonchev–Trinajstić information content (AvgIpc) is 3.18. The number of fused-ring (bicyclic) bond motifs is 3. The van der Waals surface area contributed by atoms with Crippen molar-refractivity contribution in [3.63, 3.8) is 0 Å². The van der Waals surface area contributed by atoms with Crippen molar-refractivity contribution in [3.8, 4) is 17.2 Å². The largest absolute Gasteiger partial charge is 0.497 e. The van der Waals surface area contributed by atoms with Crippen molar-refractivity contribution in [2.45, 2.75) is 20.4 Å². The molecule has 154 valence electrons. The number of methoxy groups -OCH3 is 3. The summed E-state index contributed by atoms with van der Waals surface area (Å²) in [5, 5.41) is 4.15. The third-order valence-corrected chi connectivity index (χ3v) is 4.95. The Morgan fingerprint density at radius 1 is 0.897 bits per heavy atom. The fourth-order valence-electron chi connectivity index (χ4n) is 3.57. The Morgan fingerprint density at radius 3 is 2.24 bits per heavy atom. The van der Waals surface area contributed by atoms with E-state index in [9.17, 15) is 4.79 Å². The van der Waals surface area contributed by atoms with E-state index < -0.39 is 0 Å². The first-order valence-electron chi connectivity index (χ1n) is 9.71. The average molecular weight is 397 g/mol. The first-order valence-corrected chi connectivity index (χ1v) is 9.71. The zero-order valence-corrected chi connectivity index (χ0v) is 17.6. The molecule has 29 heavy (non-hydrogen) atoms. The molecule has 4 rings (SSSR count). The van der Waals surface area contributed by atoms with Crippen molar-refractivity contribution in [2.24, 2.45) is 0 Å². The molecule has 0 radical (unpaired) electrons. The maximum Gasteiger partial charge on any atom is 0.410 e. The van der Waals surface area contributed by atoms with Crippen LogP contribution in [-0.2, 0) is 11.3 Å². The minimum absolute atomic E-state index is 0.274. The highest BCUT2D eigenvalue weighted by Gasteiger charge is 2.23. The van der Waals surface area contributed by atoms with Gasteiger partial charge in [-0.2, -0.15) is 0 Å². The highest BCUT2D eigenvalue weighted by atomic mass is 16.6. The van der Waals surface area contributed by atoms with Crippen LogP contribution in [0.2, 0.25) is 0 Å².